The van der Waals surface area contributed by atoms with Crippen molar-refractivity contribution >= 4 is 18.4 Å². The number of anilines is 1. The Morgan fingerprint density at radius 1 is 1.42 bits per heavy atom. The zero-order chi connectivity index (χ0) is 9.19. The van der Waals surface area contributed by atoms with Crippen molar-refractivity contribution in [1.29, 1.82) is 0 Å². The summed E-state index contributed by atoms with van der Waals surface area (Å²) in [6.07, 6.45) is 0. The Labute approximate surface area is 71.9 Å². The average Bonchev–Trinajstić information content (AvgIpc) is 2.03. The van der Waals surface area contributed by atoms with Gasteiger partial charge in [-0.3, -0.25) is 4.57 Å². The van der Waals surface area contributed by atoms with Crippen LogP contribution in [-0.4, -0.2) is 18.6 Å². The molecule has 2 N–H and O–H groups in total. The summed E-state index contributed by atoms with van der Waals surface area (Å²) in [6.45, 7) is 1.34. The molecule has 4 heteroatoms. The molecule has 0 bridgehead atoms. The Balaban J connectivity index is 3.23. The van der Waals surface area contributed by atoms with Gasteiger partial charge in [0.15, 0.2) is 0 Å². The molecular formula is C8H12NO2P. The molecule has 0 amide bonds. The van der Waals surface area contributed by atoms with Gasteiger partial charge in [-0.05, 0) is 12.1 Å². The molecule has 0 heterocycles. The summed E-state index contributed by atoms with van der Waals surface area (Å²) in [5.74, 6) is 0. The highest BCUT2D eigenvalue weighted by Gasteiger charge is 2.16. The molecule has 1 unspecified atom stereocenters. The Bertz CT molecular complexity index is 319. The van der Waals surface area contributed by atoms with Gasteiger partial charge in [0.2, 0.25) is 7.37 Å². The van der Waals surface area contributed by atoms with E-state index in [1.807, 2.05) is 6.07 Å². The van der Waals surface area contributed by atoms with Crippen LogP contribution in [-0.2, 0) is 4.57 Å². The molecule has 0 saturated heterocycles. The van der Waals surface area contributed by atoms with E-state index in [-0.39, 0.29) is 0 Å². The van der Waals surface area contributed by atoms with Crippen LogP contribution < -0.4 is 10.6 Å². The normalized spacial score (nSPS) is 15.2. The second kappa shape index (κ2) is 3.30. The van der Waals surface area contributed by atoms with Gasteiger partial charge in [0.1, 0.15) is 0 Å². The molecule has 1 rings (SSSR count). The SMILES string of the molecule is CNc1ccccc1P(C)(=O)O. The zero-order valence-electron chi connectivity index (χ0n) is 7.11. The van der Waals surface area contributed by atoms with Gasteiger partial charge in [0, 0.05) is 19.4 Å². The molecule has 1 atom stereocenters. The van der Waals surface area contributed by atoms with Gasteiger partial charge in [-0.25, -0.2) is 0 Å². The first-order valence-electron chi connectivity index (χ1n) is 3.63. The molecule has 0 spiro atoms. The highest BCUT2D eigenvalue weighted by molar-refractivity contribution is 7.65. The van der Waals surface area contributed by atoms with Gasteiger partial charge in [0.05, 0.1) is 5.30 Å². The Hall–Kier alpha value is -0.790. The standard InChI is InChI=1S/C8H12NO2P/c1-9-7-5-3-4-6-8(7)12(2,10)11/h3-6,9H,1-2H3,(H,10,11). The third-order valence-electron chi connectivity index (χ3n) is 1.62. The largest absolute Gasteiger partial charge is 0.387 e. The first kappa shape index (κ1) is 9.30. The van der Waals surface area contributed by atoms with Gasteiger partial charge in [0.25, 0.3) is 0 Å². The molecule has 66 valence electrons. The molecule has 0 aliphatic heterocycles. The molecule has 0 aromatic heterocycles. The first-order valence-corrected chi connectivity index (χ1v) is 5.74. The van der Waals surface area contributed by atoms with E-state index in [4.69, 9.17) is 0 Å². The molecule has 1 aromatic carbocycles. The van der Waals surface area contributed by atoms with Gasteiger partial charge in [-0.2, -0.15) is 0 Å². The van der Waals surface area contributed by atoms with Crippen LogP contribution in [0.4, 0.5) is 5.69 Å². The fraction of sp³-hybridized carbons (Fsp3) is 0.250. The van der Waals surface area contributed by atoms with Crippen LogP contribution in [0.5, 0.6) is 0 Å². The number of benzene rings is 1. The molecule has 1 aromatic rings. The number of rotatable bonds is 2. The summed E-state index contributed by atoms with van der Waals surface area (Å²) in [4.78, 5) is 9.32. The van der Waals surface area contributed by atoms with Crippen LogP contribution >= 0.6 is 7.37 Å². The van der Waals surface area contributed by atoms with Crippen molar-refractivity contribution in [3.8, 4) is 0 Å². The maximum absolute atomic E-state index is 11.3. The van der Waals surface area contributed by atoms with Crippen LogP contribution in [0.2, 0.25) is 0 Å². The van der Waals surface area contributed by atoms with Crippen molar-refractivity contribution in [2.75, 3.05) is 19.0 Å². The topological polar surface area (TPSA) is 49.3 Å². The molecule has 0 fully saturated rings. The minimum atomic E-state index is -3.13. The lowest BCUT2D eigenvalue weighted by Gasteiger charge is -2.10. The molecule has 0 saturated carbocycles. The van der Waals surface area contributed by atoms with Crippen molar-refractivity contribution in [1.82, 2.24) is 0 Å². The fourth-order valence-electron chi connectivity index (χ4n) is 1.05. The lowest BCUT2D eigenvalue weighted by atomic mass is 10.3. The number of hydrogen-bond donors (Lipinski definition) is 2. The van der Waals surface area contributed by atoms with Gasteiger partial charge >= 0.3 is 0 Å². The number of hydrogen-bond acceptors (Lipinski definition) is 2. The highest BCUT2D eigenvalue weighted by Crippen LogP contribution is 2.36. The summed E-state index contributed by atoms with van der Waals surface area (Å²) in [6, 6.07) is 7.02. The van der Waals surface area contributed by atoms with Crippen molar-refractivity contribution in [2.24, 2.45) is 0 Å². The number of nitrogens with one attached hydrogen (secondary N) is 1. The summed E-state index contributed by atoms with van der Waals surface area (Å²) < 4.78 is 11.3. The van der Waals surface area contributed by atoms with Gasteiger partial charge < -0.3 is 10.2 Å². The predicted molar refractivity (Wildman–Crippen MR) is 51.4 cm³/mol. The highest BCUT2D eigenvalue weighted by atomic mass is 31.2. The molecule has 0 radical (unpaired) electrons. The van der Waals surface area contributed by atoms with E-state index in [1.54, 1.807) is 25.2 Å². The van der Waals surface area contributed by atoms with Crippen LogP contribution in [0.1, 0.15) is 0 Å². The van der Waals surface area contributed by atoms with Crippen LogP contribution in [0, 0.1) is 0 Å². The van der Waals surface area contributed by atoms with Gasteiger partial charge in [-0.1, -0.05) is 12.1 Å². The molecule has 0 aliphatic rings. The quantitative estimate of drug-likeness (QED) is 0.682. The first-order chi connectivity index (χ1) is 5.55. The predicted octanol–water partition coefficient (Wildman–Crippen LogP) is 1.25. The van der Waals surface area contributed by atoms with E-state index < -0.39 is 7.37 Å². The summed E-state index contributed by atoms with van der Waals surface area (Å²) in [5, 5.41) is 3.35. The lowest BCUT2D eigenvalue weighted by molar-refractivity contribution is 0.496. The minimum absolute atomic E-state index is 0.479. The average molecular weight is 185 g/mol. The lowest BCUT2D eigenvalue weighted by Crippen LogP contribution is -2.09. The van der Waals surface area contributed by atoms with E-state index in [0.29, 0.717) is 11.0 Å². The summed E-state index contributed by atoms with van der Waals surface area (Å²) in [5.41, 5.74) is 0.714. The van der Waals surface area contributed by atoms with E-state index in [1.165, 1.54) is 6.66 Å². The Morgan fingerprint density at radius 3 is 2.42 bits per heavy atom. The van der Waals surface area contributed by atoms with Crippen LogP contribution in [0.25, 0.3) is 0 Å². The summed E-state index contributed by atoms with van der Waals surface area (Å²) >= 11 is 0. The zero-order valence-corrected chi connectivity index (χ0v) is 8.01. The Morgan fingerprint density at radius 2 is 2.00 bits per heavy atom. The van der Waals surface area contributed by atoms with E-state index in [0.717, 1.165) is 0 Å². The molecule has 0 aliphatic carbocycles. The van der Waals surface area contributed by atoms with Crippen LogP contribution in [0.3, 0.4) is 0 Å². The van der Waals surface area contributed by atoms with Crippen LogP contribution in [0.15, 0.2) is 24.3 Å². The van der Waals surface area contributed by atoms with Crippen molar-refractivity contribution < 1.29 is 9.46 Å². The molecule has 12 heavy (non-hydrogen) atoms. The Kier molecular flexibility index (Phi) is 2.55. The maximum atomic E-state index is 11.3. The second-order valence-corrected chi connectivity index (χ2v) is 4.89. The monoisotopic (exact) mass is 185 g/mol. The number of para-hydroxylation sites is 1. The van der Waals surface area contributed by atoms with E-state index in [9.17, 15) is 9.46 Å². The fourth-order valence-corrected chi connectivity index (χ4v) is 2.04. The third-order valence-corrected chi connectivity index (χ3v) is 2.90. The molecule has 3 nitrogen and oxygen atoms in total. The second-order valence-electron chi connectivity index (χ2n) is 2.65. The maximum Gasteiger partial charge on any atom is 0.228 e. The minimum Gasteiger partial charge on any atom is -0.387 e. The third kappa shape index (κ3) is 1.87. The van der Waals surface area contributed by atoms with E-state index >= 15 is 0 Å². The molecular weight excluding hydrogens is 173 g/mol. The van der Waals surface area contributed by atoms with Crippen molar-refractivity contribution in [2.45, 2.75) is 0 Å². The summed E-state index contributed by atoms with van der Waals surface area (Å²) in [7, 11) is -1.40. The van der Waals surface area contributed by atoms with E-state index in [2.05, 4.69) is 5.32 Å². The smallest absolute Gasteiger partial charge is 0.228 e. The van der Waals surface area contributed by atoms with Crippen molar-refractivity contribution in [3.63, 3.8) is 0 Å². The van der Waals surface area contributed by atoms with Crippen molar-refractivity contribution in [3.05, 3.63) is 24.3 Å². The van der Waals surface area contributed by atoms with Gasteiger partial charge in [-0.15, -0.1) is 0 Å².